The van der Waals surface area contributed by atoms with Crippen molar-refractivity contribution in [3.63, 3.8) is 0 Å². The lowest BCUT2D eigenvalue weighted by molar-refractivity contribution is -0.132. The van der Waals surface area contributed by atoms with E-state index < -0.39 is 5.60 Å². The van der Waals surface area contributed by atoms with Crippen molar-refractivity contribution in [3.8, 4) is 5.75 Å². The van der Waals surface area contributed by atoms with Crippen LogP contribution in [0, 0.1) is 25.7 Å². The molecule has 1 fully saturated rings. The average molecular weight is 555 g/mol. The molecule has 0 aromatic heterocycles. The molecule has 220 valence electrons. The first-order chi connectivity index (χ1) is 19.1. The van der Waals surface area contributed by atoms with Crippen LogP contribution in [0.25, 0.3) is 0 Å². The predicted octanol–water partition coefficient (Wildman–Crippen LogP) is 4.55. The van der Waals surface area contributed by atoms with Crippen LogP contribution < -0.4 is 25.2 Å². The molecule has 0 saturated carbocycles. The molecular weight excluding hydrogens is 508 g/mol. The Hall–Kier alpha value is -3.43. The van der Waals surface area contributed by atoms with Gasteiger partial charge in [-0.15, -0.1) is 0 Å². The lowest BCUT2D eigenvalue weighted by Gasteiger charge is -2.39. The number of ether oxygens (including phenoxy) is 2. The van der Waals surface area contributed by atoms with Gasteiger partial charge in [0.2, 0.25) is 11.8 Å². The smallest absolute Gasteiger partial charge is 0.270 e. The van der Waals surface area contributed by atoms with E-state index in [4.69, 9.17) is 9.47 Å². The fourth-order valence-electron chi connectivity index (χ4n) is 5.57. The molecule has 4 rings (SSSR count). The number of para-hydroxylation sites is 1. The minimum Gasteiger partial charge on any atom is -0.476 e. The van der Waals surface area contributed by atoms with Crippen LogP contribution in [0.1, 0.15) is 47.6 Å². The van der Waals surface area contributed by atoms with E-state index in [1.54, 1.807) is 30.8 Å². The highest BCUT2D eigenvalue weighted by atomic mass is 16.5. The van der Waals surface area contributed by atoms with Crippen LogP contribution >= 0.6 is 0 Å². The van der Waals surface area contributed by atoms with E-state index in [9.17, 15) is 14.4 Å². The van der Waals surface area contributed by atoms with Crippen molar-refractivity contribution in [2.75, 3.05) is 55.0 Å². The van der Waals surface area contributed by atoms with Gasteiger partial charge in [-0.2, -0.15) is 0 Å². The minimum absolute atomic E-state index is 0. The van der Waals surface area contributed by atoms with Gasteiger partial charge in [-0.25, -0.2) is 0 Å². The third-order valence-corrected chi connectivity index (χ3v) is 7.78. The van der Waals surface area contributed by atoms with E-state index >= 15 is 0 Å². The summed E-state index contributed by atoms with van der Waals surface area (Å²) < 4.78 is 11.2. The van der Waals surface area contributed by atoms with Crippen molar-refractivity contribution in [1.29, 1.82) is 0 Å². The maximum absolute atomic E-state index is 13.8. The van der Waals surface area contributed by atoms with Gasteiger partial charge < -0.3 is 29.9 Å². The number of carbonyl (C=O) groups excluding carboxylic acids is 3. The monoisotopic (exact) mass is 554 g/mol. The molecule has 2 aliphatic rings. The molecule has 2 atom stereocenters. The van der Waals surface area contributed by atoms with E-state index in [2.05, 4.69) is 10.6 Å². The zero-order valence-electron chi connectivity index (χ0n) is 24.5. The number of methoxy groups -OCH3 is 1. The molecule has 40 heavy (non-hydrogen) atoms. The average Bonchev–Trinajstić information content (AvgIpc) is 2.93. The van der Waals surface area contributed by atoms with Gasteiger partial charge in [0.1, 0.15) is 5.75 Å². The zero-order valence-corrected chi connectivity index (χ0v) is 24.5. The van der Waals surface area contributed by atoms with Gasteiger partial charge in [0.25, 0.3) is 5.91 Å². The second kappa shape index (κ2) is 12.4. The number of hydrogen-bond donors (Lipinski definition) is 2. The van der Waals surface area contributed by atoms with Gasteiger partial charge in [0, 0.05) is 54.1 Å². The van der Waals surface area contributed by atoms with Crippen molar-refractivity contribution in [2.24, 2.45) is 11.8 Å². The second-order valence-corrected chi connectivity index (χ2v) is 11.2. The Labute approximate surface area is 240 Å². The van der Waals surface area contributed by atoms with Crippen LogP contribution in [0.5, 0.6) is 5.75 Å². The third kappa shape index (κ3) is 6.15. The van der Waals surface area contributed by atoms with Crippen LogP contribution in [0.4, 0.5) is 17.1 Å². The molecule has 2 aliphatic heterocycles. The summed E-state index contributed by atoms with van der Waals surface area (Å²) >= 11 is 0. The summed E-state index contributed by atoms with van der Waals surface area (Å²) in [5, 5.41) is 6.39. The van der Waals surface area contributed by atoms with E-state index in [-0.39, 0.29) is 32.4 Å². The highest BCUT2D eigenvalue weighted by Gasteiger charge is 2.41. The standard InChI is InChI=1S/C31H42N4O5.2H2/c1-7-34(24-12-13-26-25(17-24)35(14-9-15-39-6)30(38)31(4,5)40-26)29(37)23-16-22(18-32-19-23)28(36)33-27-20(2)10-8-11-21(27)3;;/h8,10-13,17,22-23,32H,7,9,14-16,18-19H2,1-6H3,(H,33,36);2*1H/t22-,23+;;/m0../s1. The number of piperidine rings is 1. The molecule has 3 amide bonds. The van der Waals surface area contributed by atoms with Crippen LogP contribution in [0.2, 0.25) is 0 Å². The number of nitrogens with one attached hydrogen (secondary N) is 2. The van der Waals surface area contributed by atoms with E-state index in [1.807, 2.05) is 57.2 Å². The predicted molar refractivity (Wildman–Crippen MR) is 161 cm³/mol. The van der Waals surface area contributed by atoms with Crippen molar-refractivity contribution in [2.45, 2.75) is 53.1 Å². The van der Waals surface area contributed by atoms with Crippen molar-refractivity contribution in [1.82, 2.24) is 5.32 Å². The molecule has 0 unspecified atom stereocenters. The quantitative estimate of drug-likeness (QED) is 0.441. The first-order valence-corrected chi connectivity index (χ1v) is 14.1. The van der Waals surface area contributed by atoms with E-state index in [0.717, 1.165) is 16.8 Å². The Morgan fingerprint density at radius 1 is 1.18 bits per heavy atom. The number of nitrogens with zero attached hydrogens (tertiary/aromatic N) is 2. The number of amides is 3. The van der Waals surface area contributed by atoms with E-state index in [1.165, 1.54) is 0 Å². The molecular formula is C31H46N4O5. The highest BCUT2D eigenvalue weighted by Crippen LogP contribution is 2.40. The third-order valence-electron chi connectivity index (χ3n) is 7.78. The molecule has 9 heteroatoms. The fourth-order valence-corrected chi connectivity index (χ4v) is 5.57. The molecule has 9 nitrogen and oxygen atoms in total. The minimum atomic E-state index is -0.984. The molecule has 2 aromatic rings. The van der Waals surface area contributed by atoms with Gasteiger partial charge >= 0.3 is 0 Å². The molecule has 1 saturated heterocycles. The van der Waals surface area contributed by atoms with Gasteiger partial charge in [0.05, 0.1) is 17.5 Å². The Balaban J connectivity index is 0.00000308. The summed E-state index contributed by atoms with van der Waals surface area (Å²) in [5.74, 6) is -0.326. The summed E-state index contributed by atoms with van der Waals surface area (Å²) in [6.45, 7) is 11.9. The Bertz CT molecular complexity index is 1250. The molecule has 0 radical (unpaired) electrons. The van der Waals surface area contributed by atoms with Crippen LogP contribution in [0.15, 0.2) is 36.4 Å². The first-order valence-electron chi connectivity index (χ1n) is 14.1. The van der Waals surface area contributed by atoms with Crippen molar-refractivity contribution >= 4 is 34.8 Å². The topological polar surface area (TPSA) is 100 Å². The highest BCUT2D eigenvalue weighted by molar-refractivity contribution is 6.04. The zero-order chi connectivity index (χ0) is 29.0. The maximum atomic E-state index is 13.8. The number of rotatable bonds is 9. The molecule has 0 aliphatic carbocycles. The van der Waals surface area contributed by atoms with E-state index in [0.29, 0.717) is 62.8 Å². The van der Waals surface area contributed by atoms with Crippen molar-refractivity contribution in [3.05, 3.63) is 47.5 Å². The number of aryl methyl sites for hydroxylation is 2. The molecule has 2 aromatic carbocycles. The van der Waals surface area contributed by atoms with Crippen LogP contribution in [-0.4, -0.2) is 63.2 Å². The largest absolute Gasteiger partial charge is 0.476 e. The Kier molecular flexibility index (Phi) is 9.15. The van der Waals surface area contributed by atoms with Gasteiger partial charge in [-0.3, -0.25) is 14.4 Å². The summed E-state index contributed by atoms with van der Waals surface area (Å²) in [5.41, 5.74) is 3.22. The summed E-state index contributed by atoms with van der Waals surface area (Å²) in [7, 11) is 1.64. The normalized spacial score (nSPS) is 19.9. The number of benzene rings is 2. The molecule has 2 heterocycles. The van der Waals surface area contributed by atoms with Gasteiger partial charge in [-0.1, -0.05) is 18.2 Å². The Morgan fingerprint density at radius 3 is 2.55 bits per heavy atom. The van der Waals surface area contributed by atoms with Crippen LogP contribution in [0.3, 0.4) is 0 Å². The molecule has 2 N–H and O–H groups in total. The summed E-state index contributed by atoms with van der Waals surface area (Å²) in [6.07, 6.45) is 1.14. The van der Waals surface area contributed by atoms with Gasteiger partial charge in [0.15, 0.2) is 5.60 Å². The molecule has 0 spiro atoms. The maximum Gasteiger partial charge on any atom is 0.270 e. The summed E-state index contributed by atoms with van der Waals surface area (Å²) in [6, 6.07) is 11.5. The lowest BCUT2D eigenvalue weighted by Crippen LogP contribution is -2.53. The number of anilines is 3. The Morgan fingerprint density at radius 2 is 1.88 bits per heavy atom. The fraction of sp³-hybridized carbons (Fsp3) is 0.516. The summed E-state index contributed by atoms with van der Waals surface area (Å²) in [4.78, 5) is 43.7. The van der Waals surface area contributed by atoms with Crippen molar-refractivity contribution < 1.29 is 26.7 Å². The number of carbonyl (C=O) groups is 3. The first kappa shape index (κ1) is 29.6. The second-order valence-electron chi connectivity index (χ2n) is 11.2. The van der Waals surface area contributed by atoms with Gasteiger partial charge in [-0.05, 0) is 76.8 Å². The van der Waals surface area contributed by atoms with Crippen LogP contribution in [-0.2, 0) is 19.1 Å². The lowest BCUT2D eigenvalue weighted by atomic mass is 9.88. The molecule has 0 bridgehead atoms. The number of fused-ring (bicyclic) bond motifs is 1. The SMILES string of the molecule is CCN(C(=O)[C@H]1CNC[C@@H](C(=O)Nc2c(C)cccc2C)C1)c1ccc2c(c1)N(CCCOC)C(=O)C(C)(C)O2.[HH].[HH]. The number of hydrogen-bond acceptors (Lipinski definition) is 6.